The molecular formula is C21H30N4O2S2. The van der Waals surface area contributed by atoms with Crippen LogP contribution in [0.2, 0.25) is 0 Å². The number of anilines is 1. The molecule has 1 heterocycles. The summed E-state index contributed by atoms with van der Waals surface area (Å²) in [5.74, 6) is 0.467. The molecule has 3 rings (SSSR count). The van der Waals surface area contributed by atoms with Crippen LogP contribution in [0.15, 0.2) is 23.1 Å². The summed E-state index contributed by atoms with van der Waals surface area (Å²) in [6.45, 7) is 7.96. The summed E-state index contributed by atoms with van der Waals surface area (Å²) in [5, 5.41) is 14.2. The Morgan fingerprint density at radius 3 is 2.59 bits per heavy atom. The first kappa shape index (κ1) is 22.1. The number of ether oxygens (including phenoxy) is 1. The minimum absolute atomic E-state index is 0.159. The number of nitrogens with two attached hydrogens (primary N) is 1. The fourth-order valence-electron chi connectivity index (χ4n) is 3.36. The molecule has 0 radical (unpaired) electrons. The van der Waals surface area contributed by atoms with E-state index in [1.165, 1.54) is 0 Å². The molecule has 8 heteroatoms. The van der Waals surface area contributed by atoms with E-state index in [4.69, 9.17) is 10.5 Å². The molecule has 1 aromatic carbocycles. The van der Waals surface area contributed by atoms with Gasteiger partial charge < -0.3 is 10.5 Å². The molecule has 0 bridgehead atoms. The standard InChI is InChI=1S/C21H30N4O2S2/c1-12(2)27-21(26)23-16-9-10-17(18(11-16)28-13(3)4)20-25-24-19(29-20)14-5-7-15(22)8-6-14/h9-15H,5-8,22H2,1-4H3,(H,23,26). The molecule has 6 nitrogen and oxygen atoms in total. The van der Waals surface area contributed by atoms with Crippen molar-refractivity contribution < 1.29 is 9.53 Å². The smallest absolute Gasteiger partial charge is 0.411 e. The van der Waals surface area contributed by atoms with Crippen molar-refractivity contribution in [1.29, 1.82) is 0 Å². The number of aromatic nitrogens is 2. The lowest BCUT2D eigenvalue weighted by Crippen LogP contribution is -2.25. The van der Waals surface area contributed by atoms with Crippen molar-refractivity contribution in [2.45, 2.75) is 81.6 Å². The fraction of sp³-hybridized carbons (Fsp3) is 0.571. The molecular weight excluding hydrogens is 404 g/mol. The predicted molar refractivity (Wildman–Crippen MR) is 121 cm³/mol. The van der Waals surface area contributed by atoms with Crippen molar-refractivity contribution in [3.05, 3.63) is 23.2 Å². The Kier molecular flexibility index (Phi) is 7.54. The molecule has 1 aromatic heterocycles. The highest BCUT2D eigenvalue weighted by molar-refractivity contribution is 8.00. The molecule has 0 saturated heterocycles. The van der Waals surface area contributed by atoms with Crippen LogP contribution in [0.3, 0.4) is 0 Å². The van der Waals surface area contributed by atoms with Gasteiger partial charge in [0.15, 0.2) is 0 Å². The fourth-order valence-corrected chi connectivity index (χ4v) is 5.48. The van der Waals surface area contributed by atoms with E-state index in [0.29, 0.717) is 22.9 Å². The lowest BCUT2D eigenvalue weighted by atomic mass is 9.87. The highest BCUT2D eigenvalue weighted by Gasteiger charge is 2.24. The summed E-state index contributed by atoms with van der Waals surface area (Å²) in [6.07, 6.45) is 3.69. The van der Waals surface area contributed by atoms with Gasteiger partial charge in [0.1, 0.15) is 10.0 Å². The van der Waals surface area contributed by atoms with E-state index in [1.807, 2.05) is 32.0 Å². The second kappa shape index (κ2) is 9.91. The second-order valence-corrected chi connectivity index (χ2v) is 10.6. The normalized spacial score (nSPS) is 19.6. The topological polar surface area (TPSA) is 90.1 Å². The maximum atomic E-state index is 11.9. The Morgan fingerprint density at radius 1 is 1.21 bits per heavy atom. The van der Waals surface area contributed by atoms with Gasteiger partial charge in [0.2, 0.25) is 0 Å². The largest absolute Gasteiger partial charge is 0.447 e. The van der Waals surface area contributed by atoms with Crippen LogP contribution in [-0.4, -0.2) is 33.7 Å². The van der Waals surface area contributed by atoms with Crippen LogP contribution in [0.4, 0.5) is 10.5 Å². The third-order valence-electron chi connectivity index (χ3n) is 4.73. The molecule has 3 N–H and O–H groups in total. The molecule has 1 aliphatic carbocycles. The van der Waals surface area contributed by atoms with Crippen LogP contribution in [0.25, 0.3) is 10.6 Å². The van der Waals surface area contributed by atoms with Gasteiger partial charge in [-0.25, -0.2) is 4.79 Å². The second-order valence-electron chi connectivity index (χ2n) is 8.01. The number of amides is 1. The Balaban J connectivity index is 1.81. The van der Waals surface area contributed by atoms with Crippen LogP contribution in [0.1, 0.15) is 64.3 Å². The molecule has 158 valence electrons. The molecule has 0 aliphatic heterocycles. The predicted octanol–water partition coefficient (Wildman–Crippen LogP) is 5.65. The average molecular weight is 435 g/mol. The summed E-state index contributed by atoms with van der Waals surface area (Å²) in [5.41, 5.74) is 7.81. The zero-order chi connectivity index (χ0) is 21.0. The van der Waals surface area contributed by atoms with E-state index >= 15 is 0 Å². The number of thioether (sulfide) groups is 1. The first-order valence-corrected chi connectivity index (χ1v) is 11.9. The summed E-state index contributed by atoms with van der Waals surface area (Å²) >= 11 is 3.43. The molecule has 2 aromatic rings. The maximum absolute atomic E-state index is 11.9. The number of benzene rings is 1. The van der Waals surface area contributed by atoms with Gasteiger partial charge in [-0.2, -0.15) is 0 Å². The summed E-state index contributed by atoms with van der Waals surface area (Å²) in [7, 11) is 0. The van der Waals surface area contributed by atoms with Crippen molar-refractivity contribution in [3.63, 3.8) is 0 Å². The first-order valence-electron chi connectivity index (χ1n) is 10.2. The quantitative estimate of drug-likeness (QED) is 0.571. The number of hydrogen-bond acceptors (Lipinski definition) is 7. The Morgan fingerprint density at radius 2 is 1.93 bits per heavy atom. The molecule has 0 atom stereocenters. The van der Waals surface area contributed by atoms with Crippen LogP contribution in [0, 0.1) is 0 Å². The van der Waals surface area contributed by atoms with E-state index < -0.39 is 6.09 Å². The Hall–Kier alpha value is -1.64. The molecule has 29 heavy (non-hydrogen) atoms. The van der Waals surface area contributed by atoms with E-state index in [2.05, 4.69) is 29.4 Å². The number of nitrogens with zero attached hydrogens (tertiary/aromatic N) is 2. The third kappa shape index (κ3) is 6.17. The summed E-state index contributed by atoms with van der Waals surface area (Å²) in [4.78, 5) is 13.0. The highest BCUT2D eigenvalue weighted by Crippen LogP contribution is 2.40. The summed E-state index contributed by atoms with van der Waals surface area (Å²) in [6, 6.07) is 6.22. The van der Waals surface area contributed by atoms with Gasteiger partial charge in [0.05, 0.1) is 6.10 Å². The van der Waals surface area contributed by atoms with E-state index in [9.17, 15) is 4.79 Å². The highest BCUT2D eigenvalue weighted by atomic mass is 32.2. The minimum atomic E-state index is -0.443. The van der Waals surface area contributed by atoms with E-state index in [0.717, 1.165) is 46.2 Å². The number of carbonyl (C=O) groups is 1. The minimum Gasteiger partial charge on any atom is -0.447 e. The lowest BCUT2D eigenvalue weighted by molar-refractivity contribution is 0.130. The van der Waals surface area contributed by atoms with Gasteiger partial charge in [-0.1, -0.05) is 25.2 Å². The van der Waals surface area contributed by atoms with Crippen LogP contribution >= 0.6 is 23.1 Å². The molecule has 1 saturated carbocycles. The number of rotatable bonds is 6. The van der Waals surface area contributed by atoms with Crippen molar-refractivity contribution in [2.75, 3.05) is 5.32 Å². The lowest BCUT2D eigenvalue weighted by Gasteiger charge is -2.23. The van der Waals surface area contributed by atoms with Crippen LogP contribution < -0.4 is 11.1 Å². The monoisotopic (exact) mass is 434 g/mol. The average Bonchev–Trinajstić information content (AvgIpc) is 3.11. The van der Waals surface area contributed by atoms with Crippen LogP contribution in [-0.2, 0) is 4.74 Å². The third-order valence-corrected chi connectivity index (χ3v) is 6.91. The molecule has 1 amide bonds. The summed E-state index contributed by atoms with van der Waals surface area (Å²) < 4.78 is 5.18. The van der Waals surface area contributed by atoms with Crippen LogP contribution in [0.5, 0.6) is 0 Å². The van der Waals surface area contributed by atoms with Gasteiger partial charge in [0.25, 0.3) is 0 Å². The van der Waals surface area contributed by atoms with Crippen molar-refractivity contribution in [1.82, 2.24) is 10.2 Å². The van der Waals surface area contributed by atoms with Gasteiger partial charge in [-0.05, 0) is 57.7 Å². The first-order chi connectivity index (χ1) is 13.8. The van der Waals surface area contributed by atoms with Gasteiger partial charge >= 0.3 is 6.09 Å². The zero-order valence-corrected chi connectivity index (χ0v) is 19.1. The number of hydrogen-bond donors (Lipinski definition) is 2. The Labute approximate surface area is 181 Å². The molecule has 0 spiro atoms. The Bertz CT molecular complexity index is 830. The molecule has 1 fully saturated rings. The van der Waals surface area contributed by atoms with Gasteiger partial charge in [0, 0.05) is 33.4 Å². The van der Waals surface area contributed by atoms with Crippen molar-refractivity contribution in [3.8, 4) is 10.6 Å². The van der Waals surface area contributed by atoms with Crippen molar-refractivity contribution in [2.24, 2.45) is 5.73 Å². The van der Waals surface area contributed by atoms with E-state index in [1.54, 1.807) is 23.1 Å². The van der Waals surface area contributed by atoms with Gasteiger partial charge in [-0.3, -0.25) is 5.32 Å². The van der Waals surface area contributed by atoms with Gasteiger partial charge in [-0.15, -0.1) is 22.0 Å². The SMILES string of the molecule is CC(C)OC(=O)Nc1ccc(-c2nnc(C3CCC(N)CC3)s2)c(SC(C)C)c1. The van der Waals surface area contributed by atoms with E-state index in [-0.39, 0.29) is 6.10 Å². The number of nitrogens with one attached hydrogen (secondary N) is 1. The molecule has 0 unspecified atom stereocenters. The van der Waals surface area contributed by atoms with Crippen molar-refractivity contribution >= 4 is 34.9 Å². The molecule has 1 aliphatic rings. The number of carbonyl (C=O) groups excluding carboxylic acids is 1. The zero-order valence-electron chi connectivity index (χ0n) is 17.5. The maximum Gasteiger partial charge on any atom is 0.411 e.